The Morgan fingerprint density at radius 1 is 0.968 bits per heavy atom. The first-order chi connectivity index (χ1) is 15.1. The topological polar surface area (TPSA) is 78.1 Å². The summed E-state index contributed by atoms with van der Waals surface area (Å²) in [4.78, 5) is 16.6. The van der Waals surface area contributed by atoms with Crippen LogP contribution in [0.2, 0.25) is 0 Å². The lowest BCUT2D eigenvalue weighted by Crippen LogP contribution is -2.51. The first-order valence-corrected chi connectivity index (χ1v) is 10.6. The SMILES string of the molecule is COc1ccc(NC(=S)N2CCN(CCNC(=O)Nc3ccccc3OC)CC2)cc1. The highest BCUT2D eigenvalue weighted by Gasteiger charge is 2.19. The number of anilines is 2. The maximum absolute atomic E-state index is 12.1. The maximum Gasteiger partial charge on any atom is 0.319 e. The number of piperazine rings is 1. The molecule has 0 aromatic heterocycles. The molecule has 3 rings (SSSR count). The molecule has 0 unspecified atom stereocenters. The molecule has 31 heavy (non-hydrogen) atoms. The van der Waals surface area contributed by atoms with Gasteiger partial charge >= 0.3 is 6.03 Å². The molecule has 0 bridgehead atoms. The van der Waals surface area contributed by atoms with Crippen molar-refractivity contribution in [1.82, 2.24) is 15.1 Å². The average Bonchev–Trinajstić information content (AvgIpc) is 2.80. The molecule has 1 saturated heterocycles. The zero-order chi connectivity index (χ0) is 22.1. The highest BCUT2D eigenvalue weighted by atomic mass is 32.1. The summed E-state index contributed by atoms with van der Waals surface area (Å²) >= 11 is 5.55. The van der Waals surface area contributed by atoms with Crippen LogP contribution >= 0.6 is 12.2 Å². The zero-order valence-corrected chi connectivity index (χ0v) is 18.7. The van der Waals surface area contributed by atoms with Crippen LogP contribution in [-0.2, 0) is 0 Å². The molecular formula is C22H29N5O3S. The zero-order valence-electron chi connectivity index (χ0n) is 17.9. The molecule has 9 heteroatoms. The van der Waals surface area contributed by atoms with Crippen LogP contribution in [0, 0.1) is 0 Å². The van der Waals surface area contributed by atoms with Gasteiger partial charge in [-0.2, -0.15) is 0 Å². The Hall–Kier alpha value is -3.04. The molecule has 166 valence electrons. The van der Waals surface area contributed by atoms with Gasteiger partial charge in [-0.1, -0.05) is 12.1 Å². The standard InChI is InChI=1S/C22H29N5O3S/c1-29-18-9-7-17(8-10-18)24-22(31)27-15-13-26(14-16-27)12-11-23-21(28)25-19-5-3-4-6-20(19)30-2/h3-10H,11-16H2,1-2H3,(H,24,31)(H2,23,25,28). The van der Waals surface area contributed by atoms with Crippen molar-refractivity contribution < 1.29 is 14.3 Å². The van der Waals surface area contributed by atoms with E-state index in [0.29, 0.717) is 18.0 Å². The number of urea groups is 1. The predicted molar refractivity (Wildman–Crippen MR) is 127 cm³/mol. The normalized spacial score (nSPS) is 13.9. The summed E-state index contributed by atoms with van der Waals surface area (Å²) in [6.45, 7) is 4.81. The maximum atomic E-state index is 12.1. The van der Waals surface area contributed by atoms with Crippen molar-refractivity contribution in [3.05, 3.63) is 48.5 Å². The van der Waals surface area contributed by atoms with Gasteiger partial charge in [-0.25, -0.2) is 4.79 Å². The Kier molecular flexibility index (Phi) is 8.31. The van der Waals surface area contributed by atoms with Crippen molar-refractivity contribution in [3.63, 3.8) is 0 Å². The third-order valence-electron chi connectivity index (χ3n) is 5.07. The van der Waals surface area contributed by atoms with Crippen molar-refractivity contribution in [1.29, 1.82) is 0 Å². The van der Waals surface area contributed by atoms with Crippen LogP contribution < -0.4 is 25.4 Å². The van der Waals surface area contributed by atoms with Crippen molar-refractivity contribution in [2.75, 3.05) is 64.1 Å². The van der Waals surface area contributed by atoms with E-state index in [2.05, 4.69) is 25.8 Å². The van der Waals surface area contributed by atoms with Gasteiger partial charge in [0.15, 0.2) is 5.11 Å². The molecule has 1 fully saturated rings. The number of hydrogen-bond acceptors (Lipinski definition) is 5. The molecule has 1 aliphatic heterocycles. The smallest absolute Gasteiger partial charge is 0.319 e. The fourth-order valence-electron chi connectivity index (χ4n) is 3.29. The lowest BCUT2D eigenvalue weighted by molar-refractivity contribution is 0.184. The Morgan fingerprint density at radius 2 is 1.68 bits per heavy atom. The molecular weight excluding hydrogens is 414 g/mol. The van der Waals surface area contributed by atoms with Crippen molar-refractivity contribution in [3.8, 4) is 11.5 Å². The number of benzene rings is 2. The van der Waals surface area contributed by atoms with Gasteiger partial charge in [0.1, 0.15) is 11.5 Å². The average molecular weight is 444 g/mol. The van der Waals surface area contributed by atoms with Crippen molar-refractivity contribution in [2.24, 2.45) is 0 Å². The van der Waals surface area contributed by atoms with E-state index < -0.39 is 0 Å². The summed E-state index contributed by atoms with van der Waals surface area (Å²) in [6.07, 6.45) is 0. The number of carbonyl (C=O) groups excluding carboxylic acids is 1. The Bertz CT molecular complexity index is 870. The quantitative estimate of drug-likeness (QED) is 0.568. The van der Waals surface area contributed by atoms with Gasteiger partial charge in [0.25, 0.3) is 0 Å². The molecule has 2 aromatic carbocycles. The number of methoxy groups -OCH3 is 2. The van der Waals surface area contributed by atoms with Crippen LogP contribution in [0.15, 0.2) is 48.5 Å². The number of nitrogens with one attached hydrogen (secondary N) is 3. The summed E-state index contributed by atoms with van der Waals surface area (Å²) in [5, 5.41) is 9.71. The highest BCUT2D eigenvalue weighted by molar-refractivity contribution is 7.80. The van der Waals surface area contributed by atoms with Crippen molar-refractivity contribution >= 4 is 34.7 Å². The number of amides is 2. The van der Waals surface area contributed by atoms with Gasteiger partial charge in [0.05, 0.1) is 19.9 Å². The highest BCUT2D eigenvalue weighted by Crippen LogP contribution is 2.22. The fraction of sp³-hybridized carbons (Fsp3) is 0.364. The van der Waals surface area contributed by atoms with Gasteiger partial charge in [-0.3, -0.25) is 4.90 Å². The molecule has 0 spiro atoms. The van der Waals surface area contributed by atoms with Crippen LogP contribution in [0.5, 0.6) is 11.5 Å². The largest absolute Gasteiger partial charge is 0.497 e. The molecule has 1 heterocycles. The number of ether oxygens (including phenoxy) is 2. The Labute approximate surface area is 188 Å². The molecule has 0 radical (unpaired) electrons. The molecule has 0 aliphatic carbocycles. The number of rotatable bonds is 7. The summed E-state index contributed by atoms with van der Waals surface area (Å²) in [6, 6.07) is 14.8. The summed E-state index contributed by atoms with van der Waals surface area (Å²) < 4.78 is 10.4. The molecule has 2 aromatic rings. The minimum atomic E-state index is -0.243. The second kappa shape index (κ2) is 11.4. The van der Waals surface area contributed by atoms with Gasteiger partial charge in [0, 0.05) is 45.0 Å². The third kappa shape index (κ3) is 6.73. The van der Waals surface area contributed by atoms with Gasteiger partial charge in [0.2, 0.25) is 0 Å². The number of hydrogen-bond donors (Lipinski definition) is 3. The molecule has 0 atom stereocenters. The lowest BCUT2D eigenvalue weighted by Gasteiger charge is -2.36. The van der Waals surface area contributed by atoms with Crippen molar-refractivity contribution in [2.45, 2.75) is 0 Å². The second-order valence-corrected chi connectivity index (χ2v) is 7.46. The van der Waals surface area contributed by atoms with E-state index in [1.54, 1.807) is 20.3 Å². The first-order valence-electron chi connectivity index (χ1n) is 10.2. The summed E-state index contributed by atoms with van der Waals surface area (Å²) in [7, 11) is 3.23. The van der Waals surface area contributed by atoms with E-state index in [1.165, 1.54) is 0 Å². The van der Waals surface area contributed by atoms with Crippen LogP contribution in [0.3, 0.4) is 0 Å². The first kappa shape index (κ1) is 22.6. The van der Waals surface area contributed by atoms with E-state index in [0.717, 1.165) is 49.3 Å². The van der Waals surface area contributed by atoms with Gasteiger partial charge in [-0.15, -0.1) is 0 Å². The van der Waals surface area contributed by atoms with E-state index in [9.17, 15) is 4.79 Å². The van der Waals surface area contributed by atoms with Crippen LogP contribution in [-0.4, -0.2) is 74.4 Å². The number of thiocarbonyl (C=S) groups is 1. The minimum absolute atomic E-state index is 0.243. The fourth-order valence-corrected chi connectivity index (χ4v) is 3.59. The lowest BCUT2D eigenvalue weighted by atomic mass is 10.3. The van der Waals surface area contributed by atoms with E-state index in [4.69, 9.17) is 21.7 Å². The molecule has 1 aliphatic rings. The number of para-hydroxylation sites is 2. The van der Waals surface area contributed by atoms with Crippen LogP contribution in [0.1, 0.15) is 0 Å². The molecule has 2 amide bonds. The molecule has 3 N–H and O–H groups in total. The predicted octanol–water partition coefficient (Wildman–Crippen LogP) is 2.84. The Balaban J connectivity index is 1.35. The monoisotopic (exact) mass is 443 g/mol. The third-order valence-corrected chi connectivity index (χ3v) is 5.43. The van der Waals surface area contributed by atoms with Gasteiger partial charge < -0.3 is 30.3 Å². The minimum Gasteiger partial charge on any atom is -0.497 e. The second-order valence-electron chi connectivity index (χ2n) is 7.07. The van der Waals surface area contributed by atoms with Crippen LogP contribution in [0.4, 0.5) is 16.2 Å². The summed E-state index contributed by atoms with van der Waals surface area (Å²) in [5.41, 5.74) is 1.59. The molecule has 8 nitrogen and oxygen atoms in total. The Morgan fingerprint density at radius 3 is 2.35 bits per heavy atom. The van der Waals surface area contributed by atoms with Gasteiger partial charge in [-0.05, 0) is 48.6 Å². The number of nitrogens with zero attached hydrogens (tertiary/aromatic N) is 2. The van der Waals surface area contributed by atoms with Crippen LogP contribution in [0.25, 0.3) is 0 Å². The summed E-state index contributed by atoms with van der Waals surface area (Å²) in [5.74, 6) is 1.45. The number of carbonyl (C=O) groups is 1. The van der Waals surface area contributed by atoms with E-state index in [-0.39, 0.29) is 6.03 Å². The van der Waals surface area contributed by atoms with E-state index >= 15 is 0 Å². The molecule has 0 saturated carbocycles. The van der Waals surface area contributed by atoms with E-state index in [1.807, 2.05) is 42.5 Å².